The van der Waals surface area contributed by atoms with E-state index in [1.54, 1.807) is 0 Å². The van der Waals surface area contributed by atoms with Crippen molar-refractivity contribution in [2.45, 2.75) is 46.1 Å². The first-order valence-corrected chi connectivity index (χ1v) is 9.24. The van der Waals surface area contributed by atoms with Crippen LogP contribution in [0.2, 0.25) is 0 Å². The lowest BCUT2D eigenvalue weighted by Crippen LogP contribution is -2.58. The fourth-order valence-corrected chi connectivity index (χ4v) is 4.30. The van der Waals surface area contributed by atoms with Gasteiger partial charge in [-0.25, -0.2) is 0 Å². The highest BCUT2D eigenvalue weighted by atomic mass is 15.1. The van der Waals surface area contributed by atoms with Crippen molar-refractivity contribution in [1.29, 1.82) is 0 Å². The molecule has 1 heteroatoms. The lowest BCUT2D eigenvalue weighted by molar-refractivity contribution is -0.753. The van der Waals surface area contributed by atoms with Crippen LogP contribution in [-0.4, -0.2) is 0 Å². The number of hydrogen-bond acceptors (Lipinski definition) is 0. The first-order chi connectivity index (χ1) is 12.0. The average Bonchev–Trinajstić information content (AvgIpc) is 2.62. The van der Waals surface area contributed by atoms with E-state index in [-0.39, 0.29) is 5.54 Å². The summed E-state index contributed by atoms with van der Waals surface area (Å²) in [5.74, 6) is 0. The van der Waals surface area contributed by atoms with E-state index in [0.29, 0.717) is 0 Å². The van der Waals surface area contributed by atoms with Gasteiger partial charge >= 0.3 is 0 Å². The molecule has 126 valence electrons. The van der Waals surface area contributed by atoms with Gasteiger partial charge in [-0.2, -0.15) is 4.57 Å². The molecule has 1 atom stereocenters. The molecule has 0 aliphatic carbocycles. The maximum Gasteiger partial charge on any atom is 0.213 e. The largest absolute Gasteiger partial charge is 0.213 e. The van der Waals surface area contributed by atoms with Gasteiger partial charge < -0.3 is 0 Å². The van der Waals surface area contributed by atoms with Gasteiger partial charge in [-0.15, -0.1) is 0 Å². The van der Waals surface area contributed by atoms with Crippen LogP contribution in [0.25, 0.3) is 22.4 Å². The minimum atomic E-state index is 0.121. The van der Waals surface area contributed by atoms with Crippen molar-refractivity contribution >= 4 is 0 Å². The predicted octanol–water partition coefficient (Wildman–Crippen LogP) is 5.61. The van der Waals surface area contributed by atoms with Crippen LogP contribution in [0, 0.1) is 13.8 Å². The Bertz CT molecular complexity index is 934. The maximum absolute atomic E-state index is 2.52. The lowest BCUT2D eigenvalue weighted by atomic mass is 9.82. The lowest BCUT2D eigenvalue weighted by Gasteiger charge is -2.30. The molecule has 2 heterocycles. The van der Waals surface area contributed by atoms with E-state index in [9.17, 15) is 0 Å². The molecule has 1 unspecified atom stereocenters. The minimum absolute atomic E-state index is 0.121. The molecule has 0 spiro atoms. The predicted molar refractivity (Wildman–Crippen MR) is 105 cm³/mol. The van der Waals surface area contributed by atoms with Crippen molar-refractivity contribution in [2.75, 3.05) is 0 Å². The second-order valence-corrected chi connectivity index (χ2v) is 7.62. The molecule has 0 saturated carbocycles. The Morgan fingerprint density at radius 2 is 1.64 bits per heavy atom. The number of fused-ring (bicyclic) bond motifs is 3. The topological polar surface area (TPSA) is 3.88 Å². The van der Waals surface area contributed by atoms with E-state index in [1.807, 2.05) is 0 Å². The molecule has 2 aromatic carbocycles. The molecule has 1 nitrogen and oxygen atoms in total. The monoisotopic (exact) mass is 328 g/mol. The molecule has 0 radical (unpaired) electrons. The molecule has 0 fully saturated rings. The highest BCUT2D eigenvalue weighted by Gasteiger charge is 2.40. The number of nitrogens with zero attached hydrogens (tertiary/aromatic N) is 1. The molecular weight excluding hydrogens is 302 g/mol. The molecule has 3 aromatic rings. The van der Waals surface area contributed by atoms with Crippen molar-refractivity contribution in [3.05, 3.63) is 77.5 Å². The number of pyridine rings is 1. The van der Waals surface area contributed by atoms with Gasteiger partial charge in [0.25, 0.3) is 0 Å². The average molecular weight is 328 g/mol. The Labute approximate surface area is 151 Å². The molecule has 0 saturated heterocycles. The number of hydrogen-bond donors (Lipinski definition) is 0. The fourth-order valence-electron chi connectivity index (χ4n) is 4.30. The number of rotatable bonds is 2. The molecule has 1 aliphatic rings. The summed E-state index contributed by atoms with van der Waals surface area (Å²) in [6.45, 7) is 9.11. The van der Waals surface area contributed by atoms with Gasteiger partial charge in [-0.3, -0.25) is 0 Å². The van der Waals surface area contributed by atoms with Gasteiger partial charge in [-0.05, 0) is 48.2 Å². The van der Waals surface area contributed by atoms with E-state index in [4.69, 9.17) is 0 Å². The van der Waals surface area contributed by atoms with E-state index >= 15 is 0 Å². The Morgan fingerprint density at radius 3 is 2.36 bits per heavy atom. The summed E-state index contributed by atoms with van der Waals surface area (Å²) in [4.78, 5) is 0. The van der Waals surface area contributed by atoms with E-state index in [1.165, 1.54) is 39.1 Å². The van der Waals surface area contributed by atoms with E-state index < -0.39 is 0 Å². The van der Waals surface area contributed by atoms with Gasteiger partial charge in [0.2, 0.25) is 5.69 Å². The Kier molecular flexibility index (Phi) is 3.76. The fraction of sp³-hybridized carbons (Fsp3) is 0.292. The zero-order valence-electron chi connectivity index (χ0n) is 15.6. The Balaban J connectivity index is 1.97. The first kappa shape index (κ1) is 16.1. The van der Waals surface area contributed by atoms with Crippen LogP contribution in [0.3, 0.4) is 0 Å². The minimum Gasteiger partial charge on any atom is -0.192 e. The van der Waals surface area contributed by atoms with Crippen LogP contribution in [0.5, 0.6) is 0 Å². The summed E-state index contributed by atoms with van der Waals surface area (Å²) in [5.41, 5.74) is 9.67. The molecular formula is C24H26N+. The third-order valence-corrected chi connectivity index (χ3v) is 5.93. The van der Waals surface area contributed by atoms with Gasteiger partial charge in [0.15, 0.2) is 11.7 Å². The van der Waals surface area contributed by atoms with Crippen LogP contribution in [0.4, 0.5) is 0 Å². The summed E-state index contributed by atoms with van der Waals surface area (Å²) in [7, 11) is 0. The Hall–Kier alpha value is -2.41. The molecule has 1 aliphatic heterocycles. The second kappa shape index (κ2) is 5.84. The van der Waals surface area contributed by atoms with Crippen LogP contribution in [0.15, 0.2) is 60.8 Å². The zero-order chi connectivity index (χ0) is 17.6. The molecule has 25 heavy (non-hydrogen) atoms. The highest BCUT2D eigenvalue weighted by molar-refractivity contribution is 5.71. The number of aromatic nitrogens is 1. The van der Waals surface area contributed by atoms with Crippen molar-refractivity contribution in [3.8, 4) is 22.4 Å². The van der Waals surface area contributed by atoms with Gasteiger partial charge in [0.05, 0.1) is 0 Å². The summed E-state index contributed by atoms with van der Waals surface area (Å²) in [6.07, 6.45) is 4.59. The van der Waals surface area contributed by atoms with Crippen LogP contribution < -0.4 is 4.57 Å². The van der Waals surface area contributed by atoms with Crippen molar-refractivity contribution < 1.29 is 4.57 Å². The summed E-state index contributed by atoms with van der Waals surface area (Å²) < 4.78 is 2.52. The molecule has 0 amide bonds. The van der Waals surface area contributed by atoms with E-state index in [2.05, 4.69) is 93.1 Å². The number of benzene rings is 2. The highest BCUT2D eigenvalue weighted by Crippen LogP contribution is 2.35. The van der Waals surface area contributed by atoms with Crippen LogP contribution in [-0.2, 0) is 12.0 Å². The van der Waals surface area contributed by atoms with Crippen molar-refractivity contribution in [2.24, 2.45) is 0 Å². The standard InChI is InChI=1S/C24H26N/c1-5-24(4)15-19-11-6-7-12-21(19)22-14-13-20(16-25(22)24)23-17(2)9-8-10-18(23)3/h6-14,16H,5,15H2,1-4H3/q+1. The molecule has 0 N–H and O–H groups in total. The second-order valence-electron chi connectivity index (χ2n) is 7.62. The maximum atomic E-state index is 2.52. The first-order valence-electron chi connectivity index (χ1n) is 9.24. The molecule has 4 rings (SSSR count). The SMILES string of the molecule is CCC1(C)Cc2ccccc2-c2ccc(-c3c(C)cccc3C)c[n+]21. The quantitative estimate of drug-likeness (QED) is 0.539. The van der Waals surface area contributed by atoms with Crippen molar-refractivity contribution in [1.82, 2.24) is 0 Å². The summed E-state index contributed by atoms with van der Waals surface area (Å²) in [6, 6.07) is 20.0. The normalized spacial score (nSPS) is 18.6. The number of aryl methyl sites for hydroxylation is 2. The van der Waals surface area contributed by atoms with E-state index in [0.717, 1.165) is 12.8 Å². The smallest absolute Gasteiger partial charge is 0.192 e. The summed E-state index contributed by atoms with van der Waals surface area (Å²) >= 11 is 0. The summed E-state index contributed by atoms with van der Waals surface area (Å²) in [5, 5.41) is 0. The van der Waals surface area contributed by atoms with Gasteiger partial charge in [0.1, 0.15) is 0 Å². The van der Waals surface area contributed by atoms with Gasteiger partial charge in [-0.1, -0.05) is 43.3 Å². The molecule has 1 aromatic heterocycles. The molecule has 0 bridgehead atoms. The van der Waals surface area contributed by atoms with Crippen molar-refractivity contribution in [3.63, 3.8) is 0 Å². The zero-order valence-corrected chi connectivity index (χ0v) is 15.6. The Morgan fingerprint density at radius 1 is 0.920 bits per heavy atom. The van der Waals surface area contributed by atoms with Crippen LogP contribution in [0.1, 0.15) is 37.0 Å². The van der Waals surface area contributed by atoms with Gasteiger partial charge in [0, 0.05) is 37.0 Å². The van der Waals surface area contributed by atoms with Crippen LogP contribution >= 0.6 is 0 Å². The third-order valence-electron chi connectivity index (χ3n) is 5.93. The third kappa shape index (κ3) is 2.50.